The summed E-state index contributed by atoms with van der Waals surface area (Å²) in [4.78, 5) is 3.95. The van der Waals surface area contributed by atoms with Gasteiger partial charge >= 0.3 is 0 Å². The highest BCUT2D eigenvalue weighted by atomic mass is 15.5. The maximum Gasteiger partial charge on any atom is 0.125 e. The van der Waals surface area contributed by atoms with Gasteiger partial charge in [0.2, 0.25) is 0 Å². The number of rotatable bonds is 2. The Hall–Kier alpha value is -1.29. The number of hydrazine groups is 1. The number of piperidine rings is 1. The number of nitrogen functional groups attached to an aromatic ring is 1. The summed E-state index contributed by atoms with van der Waals surface area (Å²) in [6.07, 6.45) is 5.61. The van der Waals surface area contributed by atoms with E-state index in [-0.39, 0.29) is 0 Å². The monoisotopic (exact) mass is 192 g/mol. The number of nitrogens with zero attached hydrogens (tertiary/aromatic N) is 2. The van der Waals surface area contributed by atoms with Crippen LogP contribution in [-0.2, 0) is 0 Å². The van der Waals surface area contributed by atoms with Crippen LogP contribution in [0.25, 0.3) is 0 Å². The molecule has 0 amide bonds. The van der Waals surface area contributed by atoms with Crippen molar-refractivity contribution < 1.29 is 0 Å². The highest BCUT2D eigenvalue weighted by Crippen LogP contribution is 2.13. The molecule has 3 N–H and O–H groups in total. The Kier molecular flexibility index (Phi) is 2.84. The first-order valence-electron chi connectivity index (χ1n) is 5.08. The van der Waals surface area contributed by atoms with Crippen molar-refractivity contribution in [1.29, 1.82) is 0 Å². The summed E-state index contributed by atoms with van der Waals surface area (Å²) < 4.78 is 0. The standard InChI is InChI=1S/C10H16N4/c11-10-8-9(4-5-12-10)13-14-6-2-1-3-7-14/h4-5,8H,1-3,6-7H2,(H3,11,12,13). The maximum atomic E-state index is 5.59. The van der Waals surface area contributed by atoms with Gasteiger partial charge in [0.25, 0.3) is 0 Å². The second-order valence-corrected chi connectivity index (χ2v) is 3.63. The van der Waals surface area contributed by atoms with E-state index in [2.05, 4.69) is 15.4 Å². The lowest BCUT2D eigenvalue weighted by Gasteiger charge is -2.27. The molecule has 0 unspecified atom stereocenters. The Morgan fingerprint density at radius 3 is 2.79 bits per heavy atom. The Labute approximate surface area is 84.1 Å². The number of aromatic nitrogens is 1. The Balaban J connectivity index is 1.95. The third kappa shape index (κ3) is 2.35. The van der Waals surface area contributed by atoms with Gasteiger partial charge in [0, 0.05) is 25.4 Å². The quantitative estimate of drug-likeness (QED) is 0.745. The molecule has 4 heteroatoms. The summed E-state index contributed by atoms with van der Waals surface area (Å²) in [7, 11) is 0. The minimum Gasteiger partial charge on any atom is -0.384 e. The summed E-state index contributed by atoms with van der Waals surface area (Å²) in [6.45, 7) is 2.23. The first-order valence-corrected chi connectivity index (χ1v) is 5.08. The second-order valence-electron chi connectivity index (χ2n) is 3.63. The van der Waals surface area contributed by atoms with Crippen molar-refractivity contribution in [3.63, 3.8) is 0 Å². The van der Waals surface area contributed by atoms with Crippen molar-refractivity contribution in [2.75, 3.05) is 24.2 Å². The number of nitrogens with one attached hydrogen (secondary N) is 1. The summed E-state index contributed by atoms with van der Waals surface area (Å²) in [5.41, 5.74) is 9.96. The van der Waals surface area contributed by atoms with Gasteiger partial charge in [-0.25, -0.2) is 9.99 Å². The van der Waals surface area contributed by atoms with E-state index in [1.165, 1.54) is 19.3 Å². The molecule has 0 bridgehead atoms. The molecule has 1 aromatic heterocycles. The molecule has 0 spiro atoms. The Morgan fingerprint density at radius 1 is 1.29 bits per heavy atom. The molecule has 0 radical (unpaired) electrons. The number of hydrogen-bond acceptors (Lipinski definition) is 4. The van der Waals surface area contributed by atoms with Gasteiger partial charge in [0.05, 0.1) is 5.69 Å². The lowest BCUT2D eigenvalue weighted by molar-refractivity contribution is 0.273. The van der Waals surface area contributed by atoms with Gasteiger partial charge in [-0.15, -0.1) is 0 Å². The lowest BCUT2D eigenvalue weighted by atomic mass is 10.2. The first-order chi connectivity index (χ1) is 6.84. The van der Waals surface area contributed by atoms with Crippen LogP contribution in [0.15, 0.2) is 18.3 Å². The molecule has 2 rings (SSSR count). The molecule has 1 aliphatic heterocycles. The van der Waals surface area contributed by atoms with Crippen molar-refractivity contribution in [3.05, 3.63) is 18.3 Å². The molecule has 0 atom stereocenters. The molecule has 4 nitrogen and oxygen atoms in total. The van der Waals surface area contributed by atoms with Crippen LogP contribution in [0.2, 0.25) is 0 Å². The normalized spacial score (nSPS) is 18.0. The number of anilines is 2. The Bertz CT molecular complexity index is 294. The highest BCUT2D eigenvalue weighted by Gasteiger charge is 2.09. The molecule has 1 fully saturated rings. The summed E-state index contributed by atoms with van der Waals surface area (Å²) in [6, 6.07) is 3.79. The van der Waals surface area contributed by atoms with E-state index in [4.69, 9.17) is 5.73 Å². The Morgan fingerprint density at radius 2 is 2.07 bits per heavy atom. The van der Waals surface area contributed by atoms with Crippen molar-refractivity contribution >= 4 is 11.5 Å². The minimum absolute atomic E-state index is 0.562. The predicted molar refractivity (Wildman–Crippen MR) is 57.7 cm³/mol. The average Bonchev–Trinajstić information content (AvgIpc) is 2.19. The zero-order chi connectivity index (χ0) is 9.80. The van der Waals surface area contributed by atoms with Crippen LogP contribution in [0.3, 0.4) is 0 Å². The summed E-state index contributed by atoms with van der Waals surface area (Å²) in [5.74, 6) is 0.562. The van der Waals surface area contributed by atoms with E-state index in [0.717, 1.165) is 18.8 Å². The lowest BCUT2D eigenvalue weighted by Crippen LogP contribution is -2.34. The van der Waals surface area contributed by atoms with Crippen LogP contribution in [0, 0.1) is 0 Å². The maximum absolute atomic E-state index is 5.59. The molecule has 14 heavy (non-hydrogen) atoms. The van der Waals surface area contributed by atoms with Crippen molar-refractivity contribution in [2.24, 2.45) is 0 Å². The summed E-state index contributed by atoms with van der Waals surface area (Å²) in [5, 5.41) is 2.23. The van der Waals surface area contributed by atoms with Gasteiger partial charge in [-0.1, -0.05) is 6.42 Å². The van der Waals surface area contributed by atoms with Crippen LogP contribution in [0.4, 0.5) is 11.5 Å². The van der Waals surface area contributed by atoms with Gasteiger partial charge in [-0.2, -0.15) is 0 Å². The average molecular weight is 192 g/mol. The smallest absolute Gasteiger partial charge is 0.125 e. The SMILES string of the molecule is Nc1cc(NN2CCCCC2)ccn1. The topological polar surface area (TPSA) is 54.2 Å². The molecular weight excluding hydrogens is 176 g/mol. The number of hydrogen-bond donors (Lipinski definition) is 2. The highest BCUT2D eigenvalue weighted by molar-refractivity contribution is 5.48. The molecule has 1 aliphatic rings. The van der Waals surface area contributed by atoms with Crippen molar-refractivity contribution in [1.82, 2.24) is 9.99 Å². The fraction of sp³-hybridized carbons (Fsp3) is 0.500. The van der Waals surface area contributed by atoms with Gasteiger partial charge < -0.3 is 11.2 Å². The van der Waals surface area contributed by atoms with Crippen LogP contribution >= 0.6 is 0 Å². The van der Waals surface area contributed by atoms with E-state index in [9.17, 15) is 0 Å². The zero-order valence-electron chi connectivity index (χ0n) is 8.24. The van der Waals surface area contributed by atoms with E-state index in [1.807, 2.05) is 12.1 Å². The van der Waals surface area contributed by atoms with E-state index < -0.39 is 0 Å². The first kappa shape index (κ1) is 9.27. The molecule has 1 aromatic rings. The van der Waals surface area contributed by atoms with E-state index in [0.29, 0.717) is 5.82 Å². The minimum atomic E-state index is 0.562. The molecule has 0 saturated carbocycles. The fourth-order valence-corrected chi connectivity index (χ4v) is 1.71. The molecule has 2 heterocycles. The molecule has 76 valence electrons. The van der Waals surface area contributed by atoms with Crippen LogP contribution in [0.1, 0.15) is 19.3 Å². The third-order valence-corrected chi connectivity index (χ3v) is 2.42. The molecule has 1 saturated heterocycles. The number of nitrogens with two attached hydrogens (primary N) is 1. The molecular formula is C10H16N4. The van der Waals surface area contributed by atoms with Crippen molar-refractivity contribution in [2.45, 2.75) is 19.3 Å². The van der Waals surface area contributed by atoms with Gasteiger partial charge in [-0.3, -0.25) is 0 Å². The van der Waals surface area contributed by atoms with Crippen LogP contribution in [0.5, 0.6) is 0 Å². The van der Waals surface area contributed by atoms with Gasteiger partial charge in [0.1, 0.15) is 5.82 Å². The van der Waals surface area contributed by atoms with Crippen LogP contribution in [-0.4, -0.2) is 23.1 Å². The van der Waals surface area contributed by atoms with Crippen molar-refractivity contribution in [3.8, 4) is 0 Å². The third-order valence-electron chi connectivity index (χ3n) is 2.42. The number of pyridine rings is 1. The van der Waals surface area contributed by atoms with Gasteiger partial charge in [-0.05, 0) is 18.9 Å². The van der Waals surface area contributed by atoms with E-state index >= 15 is 0 Å². The van der Waals surface area contributed by atoms with Gasteiger partial charge in [0.15, 0.2) is 0 Å². The summed E-state index contributed by atoms with van der Waals surface area (Å²) >= 11 is 0. The molecule has 0 aliphatic carbocycles. The van der Waals surface area contributed by atoms with Crippen LogP contribution < -0.4 is 11.2 Å². The van der Waals surface area contributed by atoms with E-state index in [1.54, 1.807) is 6.20 Å². The second kappa shape index (κ2) is 4.28. The predicted octanol–water partition coefficient (Wildman–Crippen LogP) is 1.48. The largest absolute Gasteiger partial charge is 0.384 e. The zero-order valence-corrected chi connectivity index (χ0v) is 8.24. The molecule has 0 aromatic carbocycles. The fourth-order valence-electron chi connectivity index (χ4n) is 1.71.